The first kappa shape index (κ1) is 19.8. The third-order valence-electron chi connectivity index (χ3n) is 7.32. The molecule has 1 saturated carbocycles. The Morgan fingerprint density at radius 1 is 1.20 bits per heavy atom. The highest BCUT2D eigenvalue weighted by molar-refractivity contribution is 6.62. The van der Waals surface area contributed by atoms with Crippen LogP contribution in [0.2, 0.25) is 0 Å². The maximum absolute atomic E-state index is 11.7. The number of ether oxygens (including phenoxy) is 1. The molecule has 0 bridgehead atoms. The van der Waals surface area contributed by atoms with Crippen LogP contribution >= 0.6 is 0 Å². The van der Waals surface area contributed by atoms with Gasteiger partial charge in [-0.3, -0.25) is 4.79 Å². The zero-order valence-corrected chi connectivity index (χ0v) is 18.3. The Bertz CT molecular complexity index is 1000. The van der Waals surface area contributed by atoms with Crippen molar-refractivity contribution in [3.8, 4) is 5.88 Å². The molecule has 0 spiro atoms. The first-order chi connectivity index (χ1) is 14.2. The lowest BCUT2D eigenvalue weighted by Gasteiger charge is -2.32. The van der Waals surface area contributed by atoms with Crippen LogP contribution in [0.5, 0.6) is 5.88 Å². The molecular formula is C24H28BNO4. The van der Waals surface area contributed by atoms with E-state index in [-0.39, 0.29) is 24.2 Å². The van der Waals surface area contributed by atoms with Gasteiger partial charge in [-0.05, 0) is 75.0 Å². The third kappa shape index (κ3) is 3.17. The monoisotopic (exact) mass is 405 g/mol. The number of hydrogen-bond donors (Lipinski definition) is 0. The van der Waals surface area contributed by atoms with Gasteiger partial charge in [0.15, 0.2) is 0 Å². The lowest BCUT2D eigenvalue weighted by molar-refractivity contribution is -0.118. The van der Waals surface area contributed by atoms with Crippen molar-refractivity contribution < 1.29 is 18.8 Å². The van der Waals surface area contributed by atoms with Gasteiger partial charge >= 0.3 is 7.12 Å². The van der Waals surface area contributed by atoms with Crippen LogP contribution in [0.1, 0.15) is 57.2 Å². The van der Waals surface area contributed by atoms with Gasteiger partial charge in [-0.2, -0.15) is 0 Å². The highest BCUT2D eigenvalue weighted by Crippen LogP contribution is 2.61. The number of nitrogens with zero attached hydrogens (tertiary/aromatic N) is 1. The second-order valence-electron chi connectivity index (χ2n) is 9.87. The summed E-state index contributed by atoms with van der Waals surface area (Å²) < 4.78 is 18.3. The summed E-state index contributed by atoms with van der Waals surface area (Å²) in [7, 11) is -0.381. The molecular weight excluding hydrogens is 377 g/mol. The van der Waals surface area contributed by atoms with Gasteiger partial charge in [0.05, 0.1) is 11.2 Å². The Morgan fingerprint density at radius 2 is 1.93 bits per heavy atom. The number of hydrogen-bond acceptors (Lipinski definition) is 5. The lowest BCUT2D eigenvalue weighted by Crippen LogP contribution is -2.41. The van der Waals surface area contributed by atoms with E-state index < -0.39 is 0 Å². The molecule has 156 valence electrons. The van der Waals surface area contributed by atoms with Crippen LogP contribution in [-0.4, -0.2) is 29.1 Å². The summed E-state index contributed by atoms with van der Waals surface area (Å²) in [4.78, 5) is 16.2. The van der Waals surface area contributed by atoms with Crippen molar-refractivity contribution >= 4 is 18.4 Å². The predicted octanol–water partition coefficient (Wildman–Crippen LogP) is 3.43. The molecule has 2 fully saturated rings. The van der Waals surface area contributed by atoms with Gasteiger partial charge in [-0.1, -0.05) is 24.3 Å². The van der Waals surface area contributed by atoms with Crippen LogP contribution in [0.25, 0.3) is 0 Å². The zero-order chi connectivity index (χ0) is 21.3. The van der Waals surface area contributed by atoms with Gasteiger partial charge in [-0.25, -0.2) is 4.98 Å². The number of fused-ring (bicyclic) bond motifs is 3. The van der Waals surface area contributed by atoms with Crippen molar-refractivity contribution in [3.05, 3.63) is 53.2 Å². The standard InChI is InChI=1S/C24H28BNO4/c1-14(27)21-18-10-16-11-20(26-12-19(16)22(18)21)28-13-15-7-6-8-17(9-15)25-29-23(2,3)24(4,5)30-25/h6-9,11-12,18,21-22H,10,13H2,1-5H3/t18-,21-,22+/m0/s1. The topological polar surface area (TPSA) is 57.7 Å². The average molecular weight is 405 g/mol. The predicted molar refractivity (Wildman–Crippen MR) is 115 cm³/mol. The molecule has 6 heteroatoms. The van der Waals surface area contributed by atoms with Crippen LogP contribution in [0.15, 0.2) is 36.5 Å². The van der Waals surface area contributed by atoms with Gasteiger partial charge in [0.1, 0.15) is 12.4 Å². The molecule has 1 aromatic carbocycles. The molecule has 3 atom stereocenters. The quantitative estimate of drug-likeness (QED) is 0.714. The largest absolute Gasteiger partial charge is 0.494 e. The minimum absolute atomic E-state index is 0.212. The molecule has 2 heterocycles. The molecule has 0 unspecified atom stereocenters. The van der Waals surface area contributed by atoms with Crippen molar-refractivity contribution in [2.75, 3.05) is 0 Å². The van der Waals surface area contributed by atoms with Gasteiger partial charge < -0.3 is 14.0 Å². The molecule has 0 amide bonds. The van der Waals surface area contributed by atoms with Gasteiger partial charge in [0.25, 0.3) is 0 Å². The Balaban J connectivity index is 1.25. The summed E-state index contributed by atoms with van der Waals surface area (Å²) >= 11 is 0. The lowest BCUT2D eigenvalue weighted by atomic mass is 9.78. The number of carbonyl (C=O) groups is 1. The minimum Gasteiger partial charge on any atom is -0.473 e. The van der Waals surface area contributed by atoms with Gasteiger partial charge in [-0.15, -0.1) is 0 Å². The molecule has 0 N–H and O–H groups in total. The zero-order valence-electron chi connectivity index (χ0n) is 18.3. The number of ketones is 1. The van der Waals surface area contributed by atoms with Crippen LogP contribution in [0.4, 0.5) is 0 Å². The first-order valence-corrected chi connectivity index (χ1v) is 10.7. The summed E-state index contributed by atoms with van der Waals surface area (Å²) in [6.45, 7) is 10.4. The van der Waals surface area contributed by atoms with Crippen LogP contribution in [0, 0.1) is 11.8 Å². The number of aromatic nitrogens is 1. The van der Waals surface area contributed by atoms with E-state index in [1.165, 1.54) is 11.1 Å². The number of Topliss-reactive ketones (excluding diaryl/α,β-unsaturated/α-hetero) is 1. The average Bonchev–Trinajstić information content (AvgIpc) is 3.20. The van der Waals surface area contributed by atoms with E-state index in [0.717, 1.165) is 17.4 Å². The van der Waals surface area contributed by atoms with Gasteiger partial charge in [0.2, 0.25) is 5.88 Å². The van der Waals surface area contributed by atoms with Crippen molar-refractivity contribution in [2.45, 2.75) is 64.8 Å². The molecule has 30 heavy (non-hydrogen) atoms. The highest BCUT2D eigenvalue weighted by Gasteiger charge is 2.58. The van der Waals surface area contributed by atoms with E-state index in [1.54, 1.807) is 6.92 Å². The minimum atomic E-state index is -0.381. The van der Waals surface area contributed by atoms with Crippen LogP contribution < -0.4 is 10.2 Å². The van der Waals surface area contributed by atoms with E-state index in [4.69, 9.17) is 14.0 Å². The molecule has 3 aliphatic rings. The van der Waals surface area contributed by atoms with Crippen LogP contribution in [0.3, 0.4) is 0 Å². The summed E-state index contributed by atoms with van der Waals surface area (Å²) in [5.74, 6) is 2.01. The Labute approximate surface area is 178 Å². The Kier molecular flexibility index (Phi) is 4.39. The summed E-state index contributed by atoms with van der Waals surface area (Å²) in [5.41, 5.74) is 3.83. The molecule has 1 aliphatic heterocycles. The Morgan fingerprint density at radius 3 is 2.63 bits per heavy atom. The van der Waals surface area contributed by atoms with E-state index in [0.29, 0.717) is 30.1 Å². The number of rotatable bonds is 5. The summed E-state index contributed by atoms with van der Waals surface area (Å²) in [5, 5.41) is 0. The molecule has 2 aromatic rings. The van der Waals surface area contributed by atoms with Crippen molar-refractivity contribution in [1.82, 2.24) is 4.98 Å². The maximum Gasteiger partial charge on any atom is 0.494 e. The smallest absolute Gasteiger partial charge is 0.473 e. The molecule has 2 aliphatic carbocycles. The fourth-order valence-corrected chi connectivity index (χ4v) is 4.87. The first-order valence-electron chi connectivity index (χ1n) is 10.7. The van der Waals surface area contributed by atoms with Gasteiger partial charge in [0, 0.05) is 18.2 Å². The number of benzene rings is 1. The van der Waals surface area contributed by atoms with Crippen molar-refractivity contribution in [3.63, 3.8) is 0 Å². The molecule has 1 saturated heterocycles. The Hall–Kier alpha value is -2.18. The highest BCUT2D eigenvalue weighted by atomic mass is 16.7. The second kappa shape index (κ2) is 6.66. The van der Waals surface area contributed by atoms with E-state index >= 15 is 0 Å². The van der Waals surface area contributed by atoms with Crippen molar-refractivity contribution in [2.24, 2.45) is 11.8 Å². The SMILES string of the molecule is CC(=O)[C@H]1[C@@H]2Cc3cc(OCc4cccc(B5OC(C)(C)C(C)(C)O5)c4)ncc3[C@@H]21. The normalized spacial score (nSPS) is 27.5. The molecule has 5 rings (SSSR count). The molecule has 5 nitrogen and oxygen atoms in total. The molecule has 1 aromatic heterocycles. The maximum atomic E-state index is 11.7. The van der Waals surface area contributed by atoms with Crippen molar-refractivity contribution in [1.29, 1.82) is 0 Å². The fraction of sp³-hybridized carbons (Fsp3) is 0.500. The summed E-state index contributed by atoms with van der Waals surface area (Å²) in [6.07, 6.45) is 2.86. The van der Waals surface area contributed by atoms with E-state index in [2.05, 4.69) is 38.7 Å². The van der Waals surface area contributed by atoms with E-state index in [9.17, 15) is 4.79 Å². The fourth-order valence-electron chi connectivity index (χ4n) is 4.87. The third-order valence-corrected chi connectivity index (χ3v) is 7.32. The molecule has 0 radical (unpaired) electrons. The van der Waals surface area contributed by atoms with E-state index in [1.807, 2.05) is 30.5 Å². The summed E-state index contributed by atoms with van der Waals surface area (Å²) in [6, 6.07) is 10.2. The number of carbonyl (C=O) groups excluding carboxylic acids is 1. The second-order valence-corrected chi connectivity index (χ2v) is 9.87. The van der Waals surface area contributed by atoms with Crippen LogP contribution in [-0.2, 0) is 27.1 Å². The number of pyridine rings is 1.